The molecule has 1 aromatic heterocycles. The van der Waals surface area contributed by atoms with Crippen molar-refractivity contribution in [1.82, 2.24) is 19.6 Å². The van der Waals surface area contributed by atoms with E-state index in [9.17, 15) is 13.6 Å². The van der Waals surface area contributed by atoms with Crippen LogP contribution in [0.4, 0.5) is 8.78 Å². The van der Waals surface area contributed by atoms with Crippen LogP contribution in [0.15, 0.2) is 12.4 Å². The third-order valence-corrected chi connectivity index (χ3v) is 5.99. The molecule has 1 spiro atoms. The van der Waals surface area contributed by atoms with Crippen molar-refractivity contribution in [2.75, 3.05) is 26.2 Å². The van der Waals surface area contributed by atoms with E-state index in [-0.39, 0.29) is 17.2 Å². The van der Waals surface area contributed by atoms with Gasteiger partial charge in [-0.25, -0.2) is 8.78 Å². The summed E-state index contributed by atoms with van der Waals surface area (Å²) in [6, 6.07) is 0. The van der Waals surface area contributed by atoms with Crippen molar-refractivity contribution >= 4 is 5.91 Å². The fourth-order valence-corrected chi connectivity index (χ4v) is 4.83. The zero-order chi connectivity index (χ0) is 16.9. The predicted molar refractivity (Wildman–Crippen MR) is 84.4 cm³/mol. The number of carbonyl (C=O) groups is 1. The first-order valence-corrected chi connectivity index (χ1v) is 8.73. The van der Waals surface area contributed by atoms with Gasteiger partial charge < -0.3 is 4.90 Å². The van der Waals surface area contributed by atoms with Crippen molar-refractivity contribution in [3.05, 3.63) is 18.0 Å². The highest BCUT2D eigenvalue weighted by Gasteiger charge is 2.55. The van der Waals surface area contributed by atoms with Gasteiger partial charge in [0.2, 0.25) is 5.91 Å². The van der Waals surface area contributed by atoms with Gasteiger partial charge in [-0.1, -0.05) is 6.42 Å². The Hall–Kier alpha value is -1.50. The van der Waals surface area contributed by atoms with Crippen molar-refractivity contribution in [3.63, 3.8) is 0 Å². The maximum atomic E-state index is 13.1. The number of hydrogen-bond donors (Lipinski definition) is 0. The second kappa shape index (κ2) is 5.51. The minimum Gasteiger partial charge on any atom is -0.330 e. The molecule has 2 aliphatic heterocycles. The number of alkyl halides is 2. The molecule has 0 N–H and O–H groups in total. The van der Waals surface area contributed by atoms with Crippen LogP contribution in [-0.2, 0) is 18.4 Å². The zero-order valence-corrected chi connectivity index (χ0v) is 14.0. The molecule has 3 aliphatic rings. The monoisotopic (exact) mass is 338 g/mol. The molecule has 0 unspecified atom stereocenters. The van der Waals surface area contributed by atoms with Crippen molar-refractivity contribution < 1.29 is 13.6 Å². The van der Waals surface area contributed by atoms with Crippen molar-refractivity contribution in [1.29, 1.82) is 0 Å². The topological polar surface area (TPSA) is 41.4 Å². The molecule has 24 heavy (non-hydrogen) atoms. The minimum absolute atomic E-state index is 0.00975. The van der Waals surface area contributed by atoms with Crippen LogP contribution in [-0.4, -0.2) is 57.6 Å². The molecule has 0 radical (unpaired) electrons. The van der Waals surface area contributed by atoms with Gasteiger partial charge in [0.25, 0.3) is 5.92 Å². The molecule has 7 heteroatoms. The van der Waals surface area contributed by atoms with Crippen molar-refractivity contribution in [2.24, 2.45) is 18.4 Å². The number of aromatic nitrogens is 2. The van der Waals surface area contributed by atoms with Crippen LogP contribution in [0.1, 0.15) is 31.2 Å². The van der Waals surface area contributed by atoms with Crippen LogP contribution in [0.2, 0.25) is 0 Å². The van der Waals surface area contributed by atoms with Gasteiger partial charge in [-0.05, 0) is 31.2 Å². The van der Waals surface area contributed by atoms with Gasteiger partial charge in [-0.3, -0.25) is 14.4 Å². The largest absolute Gasteiger partial charge is 0.330 e. The first kappa shape index (κ1) is 16.0. The number of hydrogen-bond acceptors (Lipinski definition) is 3. The summed E-state index contributed by atoms with van der Waals surface area (Å²) in [5.41, 5.74) is 1.17. The lowest BCUT2D eigenvalue weighted by Crippen LogP contribution is -2.60. The van der Waals surface area contributed by atoms with E-state index in [1.807, 2.05) is 19.4 Å². The quantitative estimate of drug-likeness (QED) is 0.845. The summed E-state index contributed by atoms with van der Waals surface area (Å²) < 4.78 is 28.0. The highest BCUT2D eigenvalue weighted by atomic mass is 19.3. The van der Waals surface area contributed by atoms with Gasteiger partial charge in [-0.2, -0.15) is 5.10 Å². The van der Waals surface area contributed by atoms with Gasteiger partial charge in [0.15, 0.2) is 0 Å². The minimum atomic E-state index is -2.68. The SMILES string of the molecule is Cn1cc(CN2CC[C@@]3(CCC[C@@H]3C(=O)N3CC(F)(F)C3)C2)cn1. The molecular weight excluding hydrogens is 314 g/mol. The predicted octanol–water partition coefficient (Wildman–Crippen LogP) is 1.89. The highest BCUT2D eigenvalue weighted by molar-refractivity contribution is 5.81. The van der Waals surface area contributed by atoms with E-state index in [4.69, 9.17) is 0 Å². The average Bonchev–Trinajstić information content (AvgIpc) is 3.19. The Bertz CT molecular complexity index is 638. The van der Waals surface area contributed by atoms with E-state index >= 15 is 0 Å². The number of nitrogens with zero attached hydrogens (tertiary/aromatic N) is 4. The number of likely N-dealkylation sites (tertiary alicyclic amines) is 2. The summed E-state index contributed by atoms with van der Waals surface area (Å²) in [4.78, 5) is 16.5. The van der Waals surface area contributed by atoms with Crippen LogP contribution in [0.3, 0.4) is 0 Å². The Morgan fingerprint density at radius 1 is 1.33 bits per heavy atom. The smallest absolute Gasteiger partial charge is 0.282 e. The number of amides is 1. The maximum Gasteiger partial charge on any atom is 0.282 e. The Morgan fingerprint density at radius 3 is 2.79 bits per heavy atom. The lowest BCUT2D eigenvalue weighted by atomic mass is 9.76. The van der Waals surface area contributed by atoms with Crippen LogP contribution in [0.5, 0.6) is 0 Å². The zero-order valence-electron chi connectivity index (χ0n) is 14.0. The Morgan fingerprint density at radius 2 is 2.12 bits per heavy atom. The number of halogens is 2. The van der Waals surface area contributed by atoms with Gasteiger partial charge in [-0.15, -0.1) is 0 Å². The van der Waals surface area contributed by atoms with E-state index in [0.29, 0.717) is 0 Å². The molecule has 2 atom stereocenters. The Balaban J connectivity index is 1.41. The third kappa shape index (κ3) is 2.72. The van der Waals surface area contributed by atoms with Crippen LogP contribution in [0, 0.1) is 11.3 Å². The maximum absolute atomic E-state index is 13.1. The van der Waals surface area contributed by atoms with E-state index in [2.05, 4.69) is 10.00 Å². The van der Waals surface area contributed by atoms with Crippen molar-refractivity contribution in [2.45, 2.75) is 38.2 Å². The van der Waals surface area contributed by atoms with E-state index in [0.717, 1.165) is 45.3 Å². The molecule has 5 nitrogen and oxygen atoms in total. The lowest BCUT2D eigenvalue weighted by Gasteiger charge is -2.42. The molecule has 1 saturated carbocycles. The summed E-state index contributed by atoms with van der Waals surface area (Å²) in [6.07, 6.45) is 7.81. The molecule has 1 amide bonds. The molecule has 2 saturated heterocycles. The Labute approximate surface area is 140 Å². The van der Waals surface area contributed by atoms with Gasteiger partial charge in [0.1, 0.15) is 0 Å². The fraction of sp³-hybridized carbons (Fsp3) is 0.765. The normalized spacial score (nSPS) is 32.5. The molecule has 0 bridgehead atoms. The summed E-state index contributed by atoms with van der Waals surface area (Å²) in [5.74, 6) is -2.79. The summed E-state index contributed by atoms with van der Waals surface area (Å²) in [7, 11) is 1.91. The average molecular weight is 338 g/mol. The highest BCUT2D eigenvalue weighted by Crippen LogP contribution is 2.51. The molecule has 1 aliphatic carbocycles. The van der Waals surface area contributed by atoms with Gasteiger partial charge in [0, 0.05) is 37.8 Å². The molecule has 132 valence electrons. The molecule has 3 heterocycles. The first-order valence-electron chi connectivity index (χ1n) is 8.73. The second-order valence-electron chi connectivity index (χ2n) is 7.84. The summed E-state index contributed by atoms with van der Waals surface area (Å²) >= 11 is 0. The second-order valence-corrected chi connectivity index (χ2v) is 7.84. The van der Waals surface area contributed by atoms with E-state index in [1.165, 1.54) is 10.5 Å². The van der Waals surface area contributed by atoms with Crippen LogP contribution >= 0.6 is 0 Å². The summed E-state index contributed by atoms with van der Waals surface area (Å²) in [5, 5.41) is 4.20. The standard InChI is InChI=1S/C17H24F2N4O/c1-21-8-13(7-20-21)9-22-6-5-16(10-22)4-2-3-14(16)15(24)23-11-17(18,19)12-23/h7-8,14H,2-6,9-12H2,1H3/t14-,16+/m1/s1. The van der Waals surface area contributed by atoms with E-state index < -0.39 is 19.0 Å². The van der Waals surface area contributed by atoms with Crippen LogP contribution < -0.4 is 0 Å². The molecule has 4 rings (SSSR count). The lowest BCUT2D eigenvalue weighted by molar-refractivity contribution is -0.172. The van der Waals surface area contributed by atoms with Gasteiger partial charge in [0.05, 0.1) is 19.3 Å². The molecule has 1 aromatic rings. The third-order valence-electron chi connectivity index (χ3n) is 5.99. The molecular formula is C17H24F2N4O. The fourth-order valence-electron chi connectivity index (χ4n) is 4.83. The number of rotatable bonds is 3. The van der Waals surface area contributed by atoms with Crippen LogP contribution in [0.25, 0.3) is 0 Å². The number of aryl methyl sites for hydroxylation is 1. The number of carbonyl (C=O) groups excluding carboxylic acids is 1. The van der Waals surface area contributed by atoms with E-state index in [1.54, 1.807) is 4.68 Å². The summed E-state index contributed by atoms with van der Waals surface area (Å²) in [6.45, 7) is 1.92. The van der Waals surface area contributed by atoms with Crippen molar-refractivity contribution in [3.8, 4) is 0 Å². The first-order chi connectivity index (χ1) is 11.4. The Kier molecular flexibility index (Phi) is 3.67. The molecule has 3 fully saturated rings. The molecule has 0 aromatic carbocycles. The van der Waals surface area contributed by atoms with Gasteiger partial charge >= 0.3 is 0 Å².